The smallest absolute Gasteiger partial charge is 0.490 e. The molecule has 246 valence electrons. The normalized spacial score (nSPS) is 16.8. The summed E-state index contributed by atoms with van der Waals surface area (Å²) in [4.78, 5) is 40.3. The molecule has 2 amide bonds. The van der Waals surface area contributed by atoms with Crippen LogP contribution >= 0.6 is 11.3 Å². The highest BCUT2D eigenvalue weighted by Gasteiger charge is 2.38. The Hall–Kier alpha value is -3.92. The Kier molecular flexibility index (Phi) is 11.8. The average Bonchev–Trinajstić information content (AvgIpc) is 3.40. The van der Waals surface area contributed by atoms with Crippen molar-refractivity contribution in [3.63, 3.8) is 0 Å². The number of halogens is 6. The molecule has 16 heteroatoms. The number of alkyl halides is 6. The molecule has 1 aromatic heterocycles. The van der Waals surface area contributed by atoms with Crippen LogP contribution in [0.3, 0.4) is 0 Å². The number of thiazole rings is 1. The van der Waals surface area contributed by atoms with E-state index in [2.05, 4.69) is 15.6 Å². The second kappa shape index (κ2) is 14.9. The van der Waals surface area contributed by atoms with Gasteiger partial charge in [-0.25, -0.2) is 9.78 Å². The van der Waals surface area contributed by atoms with E-state index in [0.29, 0.717) is 47.9 Å². The lowest BCUT2D eigenvalue weighted by atomic mass is 9.85. The molecule has 1 aliphatic carbocycles. The highest BCUT2D eigenvalue weighted by Crippen LogP contribution is 2.40. The molecule has 3 N–H and O–H groups in total. The Labute approximate surface area is 258 Å². The van der Waals surface area contributed by atoms with Crippen LogP contribution in [-0.4, -0.2) is 53.7 Å². The predicted molar refractivity (Wildman–Crippen MR) is 156 cm³/mol. The lowest BCUT2D eigenvalue weighted by Gasteiger charge is -2.28. The second-order valence-corrected chi connectivity index (χ2v) is 11.2. The highest BCUT2D eigenvalue weighted by atomic mass is 32.1. The Morgan fingerprint density at radius 1 is 1.07 bits per heavy atom. The Morgan fingerprint density at radius 3 is 2.24 bits per heavy atom. The van der Waals surface area contributed by atoms with Gasteiger partial charge in [-0.05, 0) is 56.4 Å². The maximum absolute atomic E-state index is 13.0. The SMILES string of the molecule is CCN(C(C)=O)c1ccc(OC)c2nc(NC(=O)C3CCC(NCc4cccc(C(F)(F)F)c4)CC3)sc12.O=C(O)C(F)(F)F. The minimum absolute atomic E-state index is 0.0867. The number of anilines is 2. The third kappa shape index (κ3) is 9.53. The molecule has 0 unspecified atom stereocenters. The third-order valence-electron chi connectivity index (χ3n) is 7.11. The molecule has 4 rings (SSSR count). The number of methoxy groups -OCH3 is 1. The molecule has 0 saturated heterocycles. The van der Waals surface area contributed by atoms with E-state index < -0.39 is 23.9 Å². The number of carbonyl (C=O) groups is 3. The lowest BCUT2D eigenvalue weighted by molar-refractivity contribution is -0.192. The molecule has 3 aromatic rings. The monoisotopic (exact) mass is 662 g/mol. The van der Waals surface area contributed by atoms with Gasteiger partial charge in [0, 0.05) is 32.0 Å². The van der Waals surface area contributed by atoms with E-state index in [-0.39, 0.29) is 23.8 Å². The first-order valence-corrected chi connectivity index (χ1v) is 14.6. The van der Waals surface area contributed by atoms with Crippen molar-refractivity contribution < 1.29 is 50.6 Å². The molecular formula is C29H32F6N4O5S. The summed E-state index contributed by atoms with van der Waals surface area (Å²) in [5.74, 6) is -2.57. The molecule has 9 nitrogen and oxygen atoms in total. The van der Waals surface area contributed by atoms with Gasteiger partial charge in [-0.3, -0.25) is 9.59 Å². The number of amides is 2. The number of hydrogen-bond donors (Lipinski definition) is 3. The number of benzene rings is 2. The van der Waals surface area contributed by atoms with Crippen LogP contribution in [0, 0.1) is 5.92 Å². The van der Waals surface area contributed by atoms with Crippen molar-refractivity contribution in [3.05, 3.63) is 47.5 Å². The average molecular weight is 663 g/mol. The number of aliphatic carboxylic acids is 1. The van der Waals surface area contributed by atoms with Crippen molar-refractivity contribution in [3.8, 4) is 5.75 Å². The number of ether oxygens (including phenoxy) is 1. The van der Waals surface area contributed by atoms with E-state index in [1.54, 1.807) is 24.1 Å². The zero-order chi connectivity index (χ0) is 33.5. The number of fused-ring (bicyclic) bond motifs is 1. The molecule has 0 bridgehead atoms. The van der Waals surface area contributed by atoms with Gasteiger partial charge in [0.2, 0.25) is 11.8 Å². The van der Waals surface area contributed by atoms with Crippen molar-refractivity contribution in [2.75, 3.05) is 23.9 Å². The first kappa shape index (κ1) is 35.6. The number of rotatable bonds is 8. The molecule has 1 heterocycles. The fraction of sp³-hybridized carbons (Fsp3) is 0.448. The van der Waals surface area contributed by atoms with Gasteiger partial charge in [-0.2, -0.15) is 26.3 Å². The molecule has 1 saturated carbocycles. The van der Waals surface area contributed by atoms with Crippen LogP contribution in [0.15, 0.2) is 36.4 Å². The van der Waals surface area contributed by atoms with E-state index in [1.807, 2.05) is 13.0 Å². The van der Waals surface area contributed by atoms with Gasteiger partial charge in [0.15, 0.2) is 5.13 Å². The zero-order valence-electron chi connectivity index (χ0n) is 24.5. The number of carboxylic acid groups (broad SMARTS) is 1. The number of nitrogens with one attached hydrogen (secondary N) is 2. The van der Waals surface area contributed by atoms with Gasteiger partial charge in [-0.1, -0.05) is 29.5 Å². The topological polar surface area (TPSA) is 121 Å². The van der Waals surface area contributed by atoms with Gasteiger partial charge in [0.25, 0.3) is 0 Å². The third-order valence-corrected chi connectivity index (χ3v) is 8.11. The molecule has 1 aliphatic rings. The maximum Gasteiger partial charge on any atom is 0.490 e. The lowest BCUT2D eigenvalue weighted by Crippen LogP contribution is -2.36. The summed E-state index contributed by atoms with van der Waals surface area (Å²) in [6, 6.07) is 9.05. The van der Waals surface area contributed by atoms with Crippen LogP contribution < -0.4 is 20.3 Å². The molecule has 0 radical (unpaired) electrons. The maximum atomic E-state index is 13.0. The van der Waals surface area contributed by atoms with Crippen LogP contribution in [0.5, 0.6) is 5.75 Å². The van der Waals surface area contributed by atoms with Crippen LogP contribution in [0.2, 0.25) is 0 Å². The van der Waals surface area contributed by atoms with E-state index in [9.17, 15) is 35.9 Å². The van der Waals surface area contributed by atoms with E-state index in [1.165, 1.54) is 30.4 Å². The first-order chi connectivity index (χ1) is 21.0. The molecule has 0 aliphatic heterocycles. The van der Waals surface area contributed by atoms with Gasteiger partial charge in [-0.15, -0.1) is 0 Å². The molecular weight excluding hydrogens is 630 g/mol. The summed E-state index contributed by atoms with van der Waals surface area (Å²) in [5.41, 5.74) is 1.24. The number of carbonyl (C=O) groups excluding carboxylic acids is 2. The van der Waals surface area contributed by atoms with Gasteiger partial charge < -0.3 is 25.4 Å². The van der Waals surface area contributed by atoms with Crippen molar-refractivity contribution in [2.24, 2.45) is 5.92 Å². The van der Waals surface area contributed by atoms with Crippen LogP contribution in [0.4, 0.5) is 37.2 Å². The van der Waals surface area contributed by atoms with Crippen LogP contribution in [-0.2, 0) is 27.1 Å². The summed E-state index contributed by atoms with van der Waals surface area (Å²) in [6.07, 6.45) is -6.61. The van der Waals surface area contributed by atoms with Gasteiger partial charge in [0.05, 0.1) is 23.1 Å². The molecule has 2 aromatic carbocycles. The van der Waals surface area contributed by atoms with Gasteiger partial charge >= 0.3 is 18.3 Å². The van der Waals surface area contributed by atoms with Crippen LogP contribution in [0.1, 0.15) is 50.7 Å². The first-order valence-electron chi connectivity index (χ1n) is 13.8. The predicted octanol–water partition coefficient (Wildman–Crippen LogP) is 6.62. The summed E-state index contributed by atoms with van der Waals surface area (Å²) in [7, 11) is 1.55. The van der Waals surface area contributed by atoms with E-state index in [0.717, 1.165) is 29.3 Å². The fourth-order valence-electron chi connectivity index (χ4n) is 4.85. The van der Waals surface area contributed by atoms with Crippen molar-refractivity contribution in [1.82, 2.24) is 10.3 Å². The minimum atomic E-state index is -5.08. The second-order valence-electron chi connectivity index (χ2n) is 10.2. The Balaban J connectivity index is 0.000000707. The summed E-state index contributed by atoms with van der Waals surface area (Å²) in [5, 5.41) is 13.8. The fourth-order valence-corrected chi connectivity index (χ4v) is 5.86. The van der Waals surface area contributed by atoms with Crippen molar-refractivity contribution in [2.45, 2.75) is 64.5 Å². The van der Waals surface area contributed by atoms with E-state index >= 15 is 0 Å². The van der Waals surface area contributed by atoms with Crippen molar-refractivity contribution in [1.29, 1.82) is 0 Å². The zero-order valence-corrected chi connectivity index (χ0v) is 25.3. The minimum Gasteiger partial charge on any atom is -0.494 e. The van der Waals surface area contributed by atoms with Gasteiger partial charge in [0.1, 0.15) is 11.3 Å². The number of aromatic nitrogens is 1. The summed E-state index contributed by atoms with van der Waals surface area (Å²) < 4.78 is 76.8. The highest BCUT2D eigenvalue weighted by molar-refractivity contribution is 7.23. The molecule has 45 heavy (non-hydrogen) atoms. The molecule has 0 atom stereocenters. The standard InChI is InChI=1S/C27H31F3N4O3S.C2HF3O2/c1-4-34(16(2)35)21-12-13-22(37-3)23-24(21)38-26(32-23)33-25(36)18-8-10-20(11-9-18)31-15-17-6-5-7-19(14-17)27(28,29)30;3-2(4,5)1(6)7/h5-7,12-14,18,20,31H,4,8-11,15H2,1-3H3,(H,32,33,36);(H,6,7). The number of carboxylic acids is 1. The van der Waals surface area contributed by atoms with Crippen molar-refractivity contribution >= 4 is 50.2 Å². The Morgan fingerprint density at radius 2 is 1.71 bits per heavy atom. The Bertz CT molecular complexity index is 1500. The van der Waals surface area contributed by atoms with Crippen LogP contribution in [0.25, 0.3) is 10.2 Å². The number of nitrogens with zero attached hydrogens (tertiary/aromatic N) is 2. The number of hydrogen-bond acceptors (Lipinski definition) is 7. The van der Waals surface area contributed by atoms with E-state index in [4.69, 9.17) is 14.6 Å². The quantitative estimate of drug-likeness (QED) is 0.232. The molecule has 1 fully saturated rings. The largest absolute Gasteiger partial charge is 0.494 e. The summed E-state index contributed by atoms with van der Waals surface area (Å²) in [6.45, 7) is 4.25. The summed E-state index contributed by atoms with van der Waals surface area (Å²) >= 11 is 1.31. The molecule has 0 spiro atoms.